The van der Waals surface area contributed by atoms with Gasteiger partial charge in [-0.05, 0) is 47.2 Å². The smallest absolute Gasteiger partial charge is 0.744 e. The molecule has 6 N–H and O–H groups in total. The van der Waals surface area contributed by atoms with Crippen LogP contribution in [0.25, 0.3) is 21.5 Å². The molecule has 0 aliphatic rings. The third kappa shape index (κ3) is 14.7. The van der Waals surface area contributed by atoms with Crippen LogP contribution in [0.1, 0.15) is 42.0 Å². The number of urea groups is 1. The van der Waals surface area contributed by atoms with Gasteiger partial charge < -0.3 is 68.4 Å². The molecule has 4 heterocycles. The van der Waals surface area contributed by atoms with E-state index in [4.69, 9.17) is 0 Å². The molecule has 8 rings (SSSR count). The van der Waals surface area contributed by atoms with Gasteiger partial charge in [0.1, 0.15) is 63.2 Å². The van der Waals surface area contributed by atoms with Crippen molar-refractivity contribution in [3.8, 4) is 0 Å². The van der Waals surface area contributed by atoms with Crippen LogP contribution in [0.4, 0.5) is 38.9 Å². The van der Waals surface area contributed by atoms with Crippen molar-refractivity contribution in [2.24, 2.45) is 28.2 Å². The van der Waals surface area contributed by atoms with E-state index in [1.54, 1.807) is 0 Å². The number of aromatic nitrogens is 4. The molecule has 0 fully saturated rings. The fourth-order valence-electron chi connectivity index (χ4n) is 8.20. The summed E-state index contributed by atoms with van der Waals surface area (Å²) in [5.74, 6) is -3.85. The van der Waals surface area contributed by atoms with Gasteiger partial charge >= 0.3 is 124 Å². The summed E-state index contributed by atoms with van der Waals surface area (Å²) in [6.45, 7) is 0. The predicted molar refractivity (Wildman–Crippen MR) is 266 cm³/mol. The van der Waals surface area contributed by atoms with Crippen LogP contribution in [-0.2, 0) is 68.7 Å². The van der Waals surface area contributed by atoms with Crippen molar-refractivity contribution in [1.29, 1.82) is 0 Å². The van der Waals surface area contributed by atoms with Gasteiger partial charge in [0.25, 0.3) is 23.6 Å². The molecule has 0 spiro atoms. The van der Waals surface area contributed by atoms with Gasteiger partial charge in [-0.15, -0.1) is 0 Å². The molecule has 4 aromatic heterocycles. The summed E-state index contributed by atoms with van der Waals surface area (Å²) < 4.78 is 153. The van der Waals surface area contributed by atoms with E-state index in [2.05, 4.69) is 31.9 Å². The third-order valence-corrected chi connectivity index (χ3v) is 15.0. The number of carbonyl (C=O) groups is 5. The maximum absolute atomic E-state index is 13.5. The van der Waals surface area contributed by atoms with Crippen LogP contribution in [0, 0.1) is 0 Å². The number of rotatable bonds is 14. The molecule has 0 aliphatic carbocycles. The number of amides is 6. The van der Waals surface area contributed by atoms with Gasteiger partial charge in [-0.2, -0.15) is 0 Å². The van der Waals surface area contributed by atoms with Gasteiger partial charge in [0.05, 0.1) is 53.7 Å². The molecule has 396 valence electrons. The molecule has 0 unspecified atom stereocenters. The zero-order chi connectivity index (χ0) is 55.6. The second kappa shape index (κ2) is 25.8. The fourth-order valence-corrected chi connectivity index (χ4v) is 11.4. The monoisotopic (exact) mass is 1210 g/mol. The minimum atomic E-state index is -5.50. The van der Waals surface area contributed by atoms with Gasteiger partial charge in [-0.25, -0.2) is 38.5 Å². The Labute approximate surface area is 543 Å². The Kier molecular flexibility index (Phi) is 21.9. The zero-order valence-electron chi connectivity index (χ0n) is 43.3. The van der Waals surface area contributed by atoms with Crippen LogP contribution in [-0.4, -0.2) is 99.8 Å². The van der Waals surface area contributed by atoms with Crippen LogP contribution in [0.3, 0.4) is 0 Å². The minimum Gasteiger partial charge on any atom is -0.744 e. The van der Waals surface area contributed by atoms with Gasteiger partial charge in [-0.1, -0.05) is 48.5 Å². The van der Waals surface area contributed by atoms with Gasteiger partial charge in [-0.3, -0.25) is 19.2 Å². The number of anilines is 6. The van der Waals surface area contributed by atoms with Crippen molar-refractivity contribution in [2.45, 2.75) is 19.6 Å². The molecule has 27 nitrogen and oxygen atoms in total. The number of fused-ring (bicyclic) bond motifs is 2. The second-order valence-electron chi connectivity index (χ2n) is 16.7. The molecular formula is C45H36N10Na4O17S4. The van der Waals surface area contributed by atoms with Crippen molar-refractivity contribution in [2.75, 3.05) is 31.9 Å². The molecule has 0 bridgehead atoms. The van der Waals surface area contributed by atoms with E-state index >= 15 is 0 Å². The number of hydrogen-bond acceptors (Lipinski definition) is 17. The second-order valence-corrected chi connectivity index (χ2v) is 22.0. The largest absolute Gasteiger partial charge is 1.00 e. The van der Waals surface area contributed by atoms with E-state index in [9.17, 15) is 75.9 Å². The Morgan fingerprint density at radius 3 is 0.912 bits per heavy atom. The Balaban J connectivity index is 0.00000344. The number of carbonyl (C=O) groups excluding carboxylic acids is 5. The molecule has 0 saturated carbocycles. The Morgan fingerprint density at radius 2 is 0.637 bits per heavy atom. The third-order valence-electron chi connectivity index (χ3n) is 11.4. The number of nitrogens with one attached hydrogen (secondary N) is 6. The number of hydrogen-bond donors (Lipinski definition) is 6. The average Bonchev–Trinajstić information content (AvgIpc) is 4.08. The van der Waals surface area contributed by atoms with Gasteiger partial charge in [0, 0.05) is 63.8 Å². The van der Waals surface area contributed by atoms with Crippen LogP contribution >= 0.6 is 0 Å². The summed E-state index contributed by atoms with van der Waals surface area (Å²) in [6.07, 6.45) is 5.29. The van der Waals surface area contributed by atoms with Crippen molar-refractivity contribution in [3.05, 3.63) is 132 Å². The van der Waals surface area contributed by atoms with Gasteiger partial charge in [0.2, 0.25) is 0 Å². The van der Waals surface area contributed by atoms with E-state index in [-0.39, 0.29) is 185 Å². The molecule has 35 heteroatoms. The topological polar surface area (TPSA) is 406 Å². The Hall–Kier alpha value is -4.69. The summed E-state index contributed by atoms with van der Waals surface area (Å²) in [6, 6.07) is 16.1. The molecule has 80 heavy (non-hydrogen) atoms. The van der Waals surface area contributed by atoms with Crippen LogP contribution < -0.4 is 150 Å². The fraction of sp³-hybridized carbons (Fsp3) is 0.0889. The standard InChI is InChI=1S/C45H40N10O17S4.4Na/c1-52-19-25(15-33(52)43(58)50-37-35(73(61,62)63)13-23-9-5-7-11-29(23)39(37)75(67,68)69)46-41(56)31-17-27(21-54(31)3)48-45(60)49-28-18-32(55(4)22-28)42(57)47-26-16-34(53(2)20-26)44(59)51-38-36(74(64,65)66)14-24-10-6-8-12-30(24)40(38)76(70,71)72;;;;/h5-22H,1-4H3,(H,46,56)(H,47,57)(H,50,58)(H,51,59)(H2,48,49,60)(H,61,62,63)(H,64,65,66)(H,67,68,69)(H,70,71,72);;;;/q;4*+1/p-4. The van der Waals surface area contributed by atoms with Crippen LogP contribution in [0.2, 0.25) is 0 Å². The maximum atomic E-state index is 13.5. The summed E-state index contributed by atoms with van der Waals surface area (Å²) in [5, 5.41) is 13.7. The molecule has 6 amide bonds. The average molecular weight is 1210 g/mol. The normalized spacial score (nSPS) is 11.5. The van der Waals surface area contributed by atoms with Crippen molar-refractivity contribution in [3.63, 3.8) is 0 Å². The summed E-state index contributed by atoms with van der Waals surface area (Å²) in [7, 11) is -16.3. The van der Waals surface area contributed by atoms with E-state index in [1.165, 1.54) is 132 Å². The first-order valence-electron chi connectivity index (χ1n) is 21.3. The molecular weight excluding hydrogens is 1170 g/mol. The first-order chi connectivity index (χ1) is 35.4. The van der Waals surface area contributed by atoms with E-state index < -0.39 is 101 Å². The van der Waals surface area contributed by atoms with Crippen molar-refractivity contribution >= 4 is 126 Å². The molecule has 0 saturated heterocycles. The molecule has 4 aromatic carbocycles. The van der Waals surface area contributed by atoms with E-state index in [0.717, 1.165) is 24.3 Å². The van der Waals surface area contributed by atoms with Crippen molar-refractivity contribution < 1.29 is 194 Å². The predicted octanol–water partition coefficient (Wildman–Crippen LogP) is -8.37. The van der Waals surface area contributed by atoms with E-state index in [1.807, 2.05) is 0 Å². The quantitative estimate of drug-likeness (QED) is 0.0435. The van der Waals surface area contributed by atoms with Gasteiger partial charge in [0.15, 0.2) is 0 Å². The number of benzene rings is 4. The first-order valence-corrected chi connectivity index (χ1v) is 27.0. The molecule has 8 aromatic rings. The molecule has 0 atom stereocenters. The Morgan fingerprint density at radius 1 is 0.375 bits per heavy atom. The maximum Gasteiger partial charge on any atom is 1.00 e. The number of aryl methyl sites for hydroxylation is 4. The van der Waals surface area contributed by atoms with Crippen molar-refractivity contribution in [1.82, 2.24) is 18.3 Å². The SMILES string of the molecule is Cn1cc(NC(=O)Nc2cc(C(=O)Nc3cc(C(=O)Nc4c(S(=O)(=O)[O-])cc5ccccc5c4S(=O)(=O)[O-])n(C)c3)n(C)c2)cc1C(=O)Nc1cc(C(=O)Nc2c(S(=O)(=O)[O-])cc3ccccc3c2S(=O)(=O)[O-])n(C)c1.[Na+].[Na+].[Na+].[Na+]. The summed E-state index contributed by atoms with van der Waals surface area (Å²) in [4.78, 5) is 62.4. The summed E-state index contributed by atoms with van der Waals surface area (Å²) >= 11 is 0. The van der Waals surface area contributed by atoms with Crippen LogP contribution in [0.5, 0.6) is 0 Å². The zero-order valence-corrected chi connectivity index (χ0v) is 54.5. The summed E-state index contributed by atoms with van der Waals surface area (Å²) in [5.41, 5.74) is -2.51. The molecule has 0 radical (unpaired) electrons. The first kappa shape index (κ1) is 67.8. The van der Waals surface area contributed by atoms with E-state index in [0.29, 0.717) is 0 Å². The van der Waals surface area contributed by atoms with Crippen LogP contribution in [0.15, 0.2) is 129 Å². The molecule has 0 aliphatic heterocycles. The minimum absolute atomic E-state index is 0. The number of nitrogens with zero attached hydrogens (tertiary/aromatic N) is 4. The Bertz CT molecular complexity index is 4040.